The maximum atomic E-state index is 5.69. The molecule has 0 aromatic heterocycles. The van der Waals surface area contributed by atoms with Crippen molar-refractivity contribution in [2.75, 3.05) is 19.6 Å². The van der Waals surface area contributed by atoms with Gasteiger partial charge >= 0.3 is 0 Å². The Morgan fingerprint density at radius 1 is 1.17 bits per heavy atom. The van der Waals surface area contributed by atoms with E-state index in [2.05, 4.69) is 43.0 Å². The van der Waals surface area contributed by atoms with E-state index in [1.54, 1.807) is 0 Å². The molecule has 1 aromatic carbocycles. The largest absolute Gasteiger partial charge is 0.330 e. The van der Waals surface area contributed by atoms with Crippen LogP contribution in [0.4, 0.5) is 0 Å². The Morgan fingerprint density at radius 2 is 1.89 bits per heavy atom. The minimum Gasteiger partial charge on any atom is -0.330 e. The van der Waals surface area contributed by atoms with Crippen LogP contribution < -0.4 is 5.73 Å². The summed E-state index contributed by atoms with van der Waals surface area (Å²) in [5.41, 5.74) is 8.57. The molecule has 1 heterocycles. The fourth-order valence-electron chi connectivity index (χ4n) is 2.84. The van der Waals surface area contributed by atoms with E-state index >= 15 is 0 Å². The summed E-state index contributed by atoms with van der Waals surface area (Å²) >= 11 is 0. The summed E-state index contributed by atoms with van der Waals surface area (Å²) in [5.74, 6) is 1.70. The SMILES string of the molecule is CC1CCN(Cc2ccccc2CCN)CC1C. The van der Waals surface area contributed by atoms with Gasteiger partial charge in [-0.1, -0.05) is 38.1 Å². The first kappa shape index (κ1) is 13.6. The number of rotatable bonds is 4. The molecule has 1 aliphatic heterocycles. The summed E-state index contributed by atoms with van der Waals surface area (Å²) in [6, 6.07) is 8.74. The first-order valence-electron chi connectivity index (χ1n) is 7.20. The van der Waals surface area contributed by atoms with Gasteiger partial charge in [-0.15, -0.1) is 0 Å². The van der Waals surface area contributed by atoms with Crippen LogP contribution in [0.5, 0.6) is 0 Å². The predicted molar refractivity (Wildman–Crippen MR) is 77.4 cm³/mol. The number of nitrogens with zero attached hydrogens (tertiary/aromatic N) is 1. The molecule has 0 bridgehead atoms. The van der Waals surface area contributed by atoms with Gasteiger partial charge in [0.15, 0.2) is 0 Å². The molecule has 0 amide bonds. The molecule has 2 rings (SSSR count). The standard InChI is InChI=1S/C16H26N2/c1-13-8-10-18(11-14(13)2)12-16-6-4-3-5-15(16)7-9-17/h3-6,13-14H,7-12,17H2,1-2H3. The average molecular weight is 246 g/mol. The lowest BCUT2D eigenvalue weighted by atomic mass is 9.88. The number of benzene rings is 1. The van der Waals surface area contributed by atoms with E-state index < -0.39 is 0 Å². The van der Waals surface area contributed by atoms with Crippen LogP contribution in [0.25, 0.3) is 0 Å². The molecule has 0 aliphatic carbocycles. The highest BCUT2D eigenvalue weighted by Gasteiger charge is 2.22. The Labute approximate surface area is 111 Å². The van der Waals surface area contributed by atoms with Gasteiger partial charge in [0, 0.05) is 13.1 Å². The Kier molecular flexibility index (Phi) is 4.79. The third kappa shape index (κ3) is 3.33. The van der Waals surface area contributed by atoms with Gasteiger partial charge < -0.3 is 5.73 Å². The highest BCUT2D eigenvalue weighted by Crippen LogP contribution is 2.24. The summed E-state index contributed by atoms with van der Waals surface area (Å²) in [6.45, 7) is 9.06. The van der Waals surface area contributed by atoms with Crippen LogP contribution in [0.2, 0.25) is 0 Å². The van der Waals surface area contributed by atoms with Crippen LogP contribution in [0, 0.1) is 11.8 Å². The van der Waals surface area contributed by atoms with E-state index in [-0.39, 0.29) is 0 Å². The minimum absolute atomic E-state index is 0.741. The Hall–Kier alpha value is -0.860. The number of nitrogens with two attached hydrogens (primary N) is 1. The number of hydrogen-bond donors (Lipinski definition) is 1. The lowest BCUT2D eigenvalue weighted by Crippen LogP contribution is -2.38. The van der Waals surface area contributed by atoms with Gasteiger partial charge in [-0.2, -0.15) is 0 Å². The Morgan fingerprint density at radius 3 is 2.56 bits per heavy atom. The van der Waals surface area contributed by atoms with Crippen molar-refractivity contribution >= 4 is 0 Å². The van der Waals surface area contributed by atoms with Crippen LogP contribution in [0.15, 0.2) is 24.3 Å². The highest BCUT2D eigenvalue weighted by atomic mass is 15.1. The van der Waals surface area contributed by atoms with Crippen LogP contribution in [-0.2, 0) is 13.0 Å². The van der Waals surface area contributed by atoms with Crippen molar-refractivity contribution in [3.05, 3.63) is 35.4 Å². The van der Waals surface area contributed by atoms with Crippen molar-refractivity contribution in [1.82, 2.24) is 4.90 Å². The maximum absolute atomic E-state index is 5.69. The van der Waals surface area contributed by atoms with Crippen LogP contribution in [0.3, 0.4) is 0 Å². The number of likely N-dealkylation sites (tertiary alicyclic amines) is 1. The van der Waals surface area contributed by atoms with Gasteiger partial charge in [0.25, 0.3) is 0 Å². The van der Waals surface area contributed by atoms with Gasteiger partial charge in [0.1, 0.15) is 0 Å². The molecule has 0 spiro atoms. The fraction of sp³-hybridized carbons (Fsp3) is 0.625. The van der Waals surface area contributed by atoms with Gasteiger partial charge in [-0.05, 0) is 48.9 Å². The molecule has 2 heteroatoms. The Bertz CT molecular complexity index is 375. The fourth-order valence-corrected chi connectivity index (χ4v) is 2.84. The molecule has 0 radical (unpaired) electrons. The number of hydrogen-bond acceptors (Lipinski definition) is 2. The second-order valence-corrected chi connectivity index (χ2v) is 5.79. The van der Waals surface area contributed by atoms with E-state index in [9.17, 15) is 0 Å². The van der Waals surface area contributed by atoms with Crippen molar-refractivity contribution in [2.24, 2.45) is 17.6 Å². The molecule has 1 saturated heterocycles. The van der Waals surface area contributed by atoms with Crippen molar-refractivity contribution in [1.29, 1.82) is 0 Å². The topological polar surface area (TPSA) is 29.3 Å². The zero-order chi connectivity index (χ0) is 13.0. The summed E-state index contributed by atoms with van der Waals surface area (Å²) in [5, 5.41) is 0. The third-order valence-corrected chi connectivity index (χ3v) is 4.34. The van der Waals surface area contributed by atoms with Crippen LogP contribution in [-0.4, -0.2) is 24.5 Å². The molecular formula is C16H26N2. The first-order chi connectivity index (χ1) is 8.70. The first-order valence-corrected chi connectivity index (χ1v) is 7.20. The zero-order valence-electron chi connectivity index (χ0n) is 11.7. The molecule has 2 unspecified atom stereocenters. The van der Waals surface area contributed by atoms with Crippen molar-refractivity contribution in [3.63, 3.8) is 0 Å². The van der Waals surface area contributed by atoms with E-state index in [4.69, 9.17) is 5.73 Å². The molecule has 18 heavy (non-hydrogen) atoms. The molecular weight excluding hydrogens is 220 g/mol. The zero-order valence-corrected chi connectivity index (χ0v) is 11.7. The van der Waals surface area contributed by atoms with Crippen LogP contribution >= 0.6 is 0 Å². The monoisotopic (exact) mass is 246 g/mol. The summed E-state index contributed by atoms with van der Waals surface area (Å²) in [6.07, 6.45) is 2.33. The predicted octanol–water partition coefficient (Wildman–Crippen LogP) is 2.67. The summed E-state index contributed by atoms with van der Waals surface area (Å²) in [7, 11) is 0. The lowest BCUT2D eigenvalue weighted by molar-refractivity contribution is 0.132. The van der Waals surface area contributed by atoms with Gasteiger partial charge in [0.05, 0.1) is 0 Å². The van der Waals surface area contributed by atoms with E-state index in [1.165, 1.54) is 30.6 Å². The molecule has 2 atom stereocenters. The van der Waals surface area contributed by atoms with Crippen molar-refractivity contribution in [3.8, 4) is 0 Å². The second kappa shape index (κ2) is 6.35. The molecule has 2 N–H and O–H groups in total. The van der Waals surface area contributed by atoms with Gasteiger partial charge in [-0.3, -0.25) is 4.90 Å². The van der Waals surface area contributed by atoms with Crippen molar-refractivity contribution < 1.29 is 0 Å². The van der Waals surface area contributed by atoms with Crippen LogP contribution in [0.1, 0.15) is 31.4 Å². The lowest BCUT2D eigenvalue weighted by Gasteiger charge is -2.35. The minimum atomic E-state index is 0.741. The molecule has 0 saturated carbocycles. The normalized spacial score (nSPS) is 25.3. The van der Waals surface area contributed by atoms with Crippen molar-refractivity contribution in [2.45, 2.75) is 33.2 Å². The summed E-state index contributed by atoms with van der Waals surface area (Å²) < 4.78 is 0. The molecule has 2 nitrogen and oxygen atoms in total. The average Bonchev–Trinajstić information content (AvgIpc) is 2.37. The smallest absolute Gasteiger partial charge is 0.0236 e. The molecule has 1 fully saturated rings. The Balaban J connectivity index is 2.01. The maximum Gasteiger partial charge on any atom is 0.0236 e. The highest BCUT2D eigenvalue weighted by molar-refractivity contribution is 5.27. The third-order valence-electron chi connectivity index (χ3n) is 4.34. The van der Waals surface area contributed by atoms with Gasteiger partial charge in [-0.25, -0.2) is 0 Å². The van der Waals surface area contributed by atoms with E-state index in [0.717, 1.165) is 31.3 Å². The molecule has 100 valence electrons. The van der Waals surface area contributed by atoms with E-state index in [1.807, 2.05) is 0 Å². The second-order valence-electron chi connectivity index (χ2n) is 5.79. The quantitative estimate of drug-likeness (QED) is 0.885. The molecule has 1 aliphatic rings. The summed E-state index contributed by atoms with van der Waals surface area (Å²) in [4.78, 5) is 2.60. The van der Waals surface area contributed by atoms with E-state index in [0.29, 0.717) is 0 Å². The van der Waals surface area contributed by atoms with Gasteiger partial charge in [0.2, 0.25) is 0 Å². The molecule has 1 aromatic rings. The number of piperidine rings is 1.